The van der Waals surface area contributed by atoms with E-state index in [0.717, 1.165) is 5.56 Å². The van der Waals surface area contributed by atoms with E-state index in [2.05, 4.69) is 5.32 Å². The summed E-state index contributed by atoms with van der Waals surface area (Å²) in [7, 11) is 0. The molecule has 0 aliphatic carbocycles. The van der Waals surface area contributed by atoms with E-state index in [1.807, 2.05) is 49.4 Å². The molecule has 0 unspecified atom stereocenters. The van der Waals surface area contributed by atoms with E-state index in [-0.39, 0.29) is 5.91 Å². The van der Waals surface area contributed by atoms with Gasteiger partial charge in [0, 0.05) is 19.6 Å². The monoisotopic (exact) mass is 233 g/mol. The van der Waals surface area contributed by atoms with Crippen LogP contribution >= 0.6 is 0 Å². The molecule has 1 N–H and O–H groups in total. The summed E-state index contributed by atoms with van der Waals surface area (Å²) < 4.78 is 5.10. The maximum absolute atomic E-state index is 11.3. The van der Waals surface area contributed by atoms with Gasteiger partial charge in [-0.3, -0.25) is 4.79 Å². The fraction of sp³-hybridized carbons (Fsp3) is 0.357. The summed E-state index contributed by atoms with van der Waals surface area (Å²) in [5.41, 5.74) is 1.14. The lowest BCUT2D eigenvalue weighted by Gasteiger charge is -2.02. The molecule has 1 rings (SSSR count). The van der Waals surface area contributed by atoms with Crippen LogP contribution in [0.25, 0.3) is 6.08 Å². The van der Waals surface area contributed by atoms with Gasteiger partial charge in [0.2, 0.25) is 5.91 Å². The van der Waals surface area contributed by atoms with Crippen LogP contribution in [0.4, 0.5) is 0 Å². The molecular weight excluding hydrogens is 214 g/mol. The zero-order valence-corrected chi connectivity index (χ0v) is 10.2. The molecule has 0 bridgehead atoms. The summed E-state index contributed by atoms with van der Waals surface area (Å²) in [6.45, 7) is 3.62. The largest absolute Gasteiger partial charge is 0.381 e. The normalized spacial score (nSPS) is 10.6. The lowest BCUT2D eigenvalue weighted by atomic mass is 10.2. The third-order valence-corrected chi connectivity index (χ3v) is 2.20. The van der Waals surface area contributed by atoms with Gasteiger partial charge < -0.3 is 10.1 Å². The number of rotatable bonds is 7. The van der Waals surface area contributed by atoms with E-state index in [9.17, 15) is 4.79 Å². The molecule has 1 amide bonds. The molecule has 92 valence electrons. The molecule has 0 fully saturated rings. The second-order valence-electron chi connectivity index (χ2n) is 3.56. The number of nitrogens with one attached hydrogen (secondary N) is 1. The van der Waals surface area contributed by atoms with Crippen molar-refractivity contribution in [3.05, 3.63) is 42.0 Å². The molecule has 0 atom stereocenters. The van der Waals surface area contributed by atoms with Crippen molar-refractivity contribution >= 4 is 12.0 Å². The van der Waals surface area contributed by atoms with Crippen molar-refractivity contribution in [3.8, 4) is 0 Å². The molecule has 0 saturated heterocycles. The molecule has 3 heteroatoms. The van der Waals surface area contributed by atoms with Crippen LogP contribution in [0.3, 0.4) is 0 Å². The van der Waals surface area contributed by atoms with Crippen LogP contribution in [0.2, 0.25) is 0 Å². The third kappa shape index (κ3) is 6.53. The standard InChI is InChI=1S/C14H19NO2/c1-2-17-12-10-14(16)15-11-6-9-13-7-4-3-5-8-13/h3-9H,2,10-12H2,1H3,(H,15,16). The Morgan fingerprint density at radius 2 is 2.12 bits per heavy atom. The molecule has 0 aromatic heterocycles. The second kappa shape index (κ2) is 8.53. The molecular formula is C14H19NO2. The van der Waals surface area contributed by atoms with Gasteiger partial charge in [0.25, 0.3) is 0 Å². The number of hydrogen-bond acceptors (Lipinski definition) is 2. The zero-order chi connectivity index (χ0) is 12.3. The van der Waals surface area contributed by atoms with Crippen molar-refractivity contribution in [1.29, 1.82) is 0 Å². The fourth-order valence-corrected chi connectivity index (χ4v) is 1.33. The van der Waals surface area contributed by atoms with Gasteiger partial charge in [-0.05, 0) is 12.5 Å². The molecule has 0 heterocycles. The number of benzene rings is 1. The first-order valence-electron chi connectivity index (χ1n) is 5.89. The zero-order valence-electron chi connectivity index (χ0n) is 10.2. The predicted octanol–water partition coefficient (Wildman–Crippen LogP) is 2.24. The van der Waals surface area contributed by atoms with Crippen LogP contribution in [-0.2, 0) is 9.53 Å². The Labute approximate surface area is 102 Å². The van der Waals surface area contributed by atoms with Crippen LogP contribution in [0, 0.1) is 0 Å². The molecule has 17 heavy (non-hydrogen) atoms. The minimum absolute atomic E-state index is 0.0242. The minimum Gasteiger partial charge on any atom is -0.381 e. The van der Waals surface area contributed by atoms with Gasteiger partial charge in [-0.2, -0.15) is 0 Å². The molecule has 1 aromatic carbocycles. The first kappa shape index (κ1) is 13.5. The van der Waals surface area contributed by atoms with E-state index in [4.69, 9.17) is 4.74 Å². The summed E-state index contributed by atoms with van der Waals surface area (Å²) in [6, 6.07) is 9.99. The SMILES string of the molecule is CCOCCC(=O)NCC=Cc1ccccc1. The van der Waals surface area contributed by atoms with E-state index >= 15 is 0 Å². The van der Waals surface area contributed by atoms with Crippen LogP contribution in [-0.4, -0.2) is 25.7 Å². The van der Waals surface area contributed by atoms with Gasteiger partial charge in [-0.25, -0.2) is 0 Å². The highest BCUT2D eigenvalue weighted by Gasteiger charge is 1.97. The van der Waals surface area contributed by atoms with Crippen LogP contribution in [0.1, 0.15) is 18.9 Å². The maximum atomic E-state index is 11.3. The van der Waals surface area contributed by atoms with Crippen molar-refractivity contribution in [2.75, 3.05) is 19.8 Å². The highest BCUT2D eigenvalue weighted by atomic mass is 16.5. The molecule has 1 aromatic rings. The minimum atomic E-state index is 0.0242. The predicted molar refractivity (Wildman–Crippen MR) is 69.6 cm³/mol. The summed E-state index contributed by atoms with van der Waals surface area (Å²) in [4.78, 5) is 11.3. The van der Waals surface area contributed by atoms with Crippen LogP contribution < -0.4 is 5.32 Å². The molecule has 0 saturated carbocycles. The van der Waals surface area contributed by atoms with Gasteiger partial charge in [0.1, 0.15) is 0 Å². The lowest BCUT2D eigenvalue weighted by molar-refractivity contribution is -0.121. The smallest absolute Gasteiger partial charge is 0.222 e. The van der Waals surface area contributed by atoms with Gasteiger partial charge in [0.15, 0.2) is 0 Å². The Kier molecular flexibility index (Phi) is 6.75. The van der Waals surface area contributed by atoms with E-state index in [1.54, 1.807) is 0 Å². The average Bonchev–Trinajstić information content (AvgIpc) is 2.36. The molecule has 0 radical (unpaired) electrons. The van der Waals surface area contributed by atoms with Crippen molar-refractivity contribution in [1.82, 2.24) is 5.32 Å². The summed E-state index contributed by atoms with van der Waals surface area (Å²) in [5.74, 6) is 0.0242. The third-order valence-electron chi connectivity index (χ3n) is 2.20. The fourth-order valence-electron chi connectivity index (χ4n) is 1.33. The first-order valence-corrected chi connectivity index (χ1v) is 5.89. The maximum Gasteiger partial charge on any atom is 0.222 e. The Hall–Kier alpha value is -1.61. The number of hydrogen-bond donors (Lipinski definition) is 1. The molecule has 3 nitrogen and oxygen atoms in total. The highest BCUT2D eigenvalue weighted by molar-refractivity contribution is 5.76. The Morgan fingerprint density at radius 3 is 2.82 bits per heavy atom. The van der Waals surface area contributed by atoms with Gasteiger partial charge in [-0.15, -0.1) is 0 Å². The van der Waals surface area contributed by atoms with Gasteiger partial charge in [-0.1, -0.05) is 42.5 Å². The van der Waals surface area contributed by atoms with E-state index < -0.39 is 0 Å². The molecule has 0 spiro atoms. The Morgan fingerprint density at radius 1 is 1.35 bits per heavy atom. The summed E-state index contributed by atoms with van der Waals surface area (Å²) in [5, 5.41) is 2.81. The number of ether oxygens (including phenoxy) is 1. The molecule has 0 aliphatic heterocycles. The summed E-state index contributed by atoms with van der Waals surface area (Å²) >= 11 is 0. The Balaban J connectivity index is 2.15. The van der Waals surface area contributed by atoms with E-state index in [1.165, 1.54) is 0 Å². The quantitative estimate of drug-likeness (QED) is 0.733. The van der Waals surface area contributed by atoms with Crippen molar-refractivity contribution in [2.24, 2.45) is 0 Å². The highest BCUT2D eigenvalue weighted by Crippen LogP contribution is 1.99. The Bertz CT molecular complexity index is 346. The average molecular weight is 233 g/mol. The van der Waals surface area contributed by atoms with Gasteiger partial charge in [0.05, 0.1) is 6.61 Å². The topological polar surface area (TPSA) is 38.3 Å². The van der Waals surface area contributed by atoms with Crippen molar-refractivity contribution < 1.29 is 9.53 Å². The van der Waals surface area contributed by atoms with Gasteiger partial charge >= 0.3 is 0 Å². The van der Waals surface area contributed by atoms with Crippen molar-refractivity contribution in [3.63, 3.8) is 0 Å². The van der Waals surface area contributed by atoms with Crippen molar-refractivity contribution in [2.45, 2.75) is 13.3 Å². The van der Waals surface area contributed by atoms with Crippen LogP contribution in [0.5, 0.6) is 0 Å². The van der Waals surface area contributed by atoms with Crippen LogP contribution in [0.15, 0.2) is 36.4 Å². The lowest BCUT2D eigenvalue weighted by Crippen LogP contribution is -2.24. The summed E-state index contributed by atoms with van der Waals surface area (Å²) in [6.07, 6.45) is 4.35. The molecule has 0 aliphatic rings. The van der Waals surface area contributed by atoms with E-state index in [0.29, 0.717) is 26.2 Å². The number of carbonyl (C=O) groups is 1. The second-order valence-corrected chi connectivity index (χ2v) is 3.56. The number of carbonyl (C=O) groups excluding carboxylic acids is 1. The number of amides is 1. The first-order chi connectivity index (χ1) is 8.33.